The van der Waals surface area contributed by atoms with Crippen molar-refractivity contribution < 1.29 is 9.46 Å². The van der Waals surface area contributed by atoms with E-state index in [4.69, 9.17) is 4.89 Å². The van der Waals surface area contributed by atoms with Gasteiger partial charge in [0.1, 0.15) is 0 Å². The molecule has 0 radical (unpaired) electrons. The van der Waals surface area contributed by atoms with Gasteiger partial charge in [0.25, 0.3) is 0 Å². The van der Waals surface area contributed by atoms with Crippen molar-refractivity contribution in [2.24, 2.45) is 0 Å². The van der Waals surface area contributed by atoms with Gasteiger partial charge in [-0.1, -0.05) is 0 Å². The van der Waals surface area contributed by atoms with Crippen LogP contribution in [0.4, 0.5) is 0 Å². The number of hydrogen-bond donors (Lipinski definition) is 1. The molecule has 0 spiro atoms. The van der Waals surface area contributed by atoms with E-state index in [1.807, 2.05) is 0 Å². The predicted octanol–water partition coefficient (Wildman–Crippen LogP) is 0.944. The van der Waals surface area contributed by atoms with Gasteiger partial charge in [0.15, 0.2) is 8.27 Å². The van der Waals surface area contributed by atoms with Crippen LogP contribution >= 0.6 is 16.0 Å². The van der Waals surface area contributed by atoms with Crippen molar-refractivity contribution in [3.05, 3.63) is 0 Å². The first-order chi connectivity index (χ1) is 2.27. The summed E-state index contributed by atoms with van der Waals surface area (Å²) in [5.74, 6) is 0. The van der Waals surface area contributed by atoms with Gasteiger partial charge in [-0.15, -0.1) is 0 Å². The average molecular weight is 111 g/mol. The van der Waals surface area contributed by atoms with E-state index in [0.29, 0.717) is 0 Å². The van der Waals surface area contributed by atoms with Crippen molar-refractivity contribution in [1.29, 1.82) is 0 Å². The summed E-state index contributed by atoms with van der Waals surface area (Å²) in [5, 5.41) is 0. The van der Waals surface area contributed by atoms with E-state index < -0.39 is 7.72 Å². The summed E-state index contributed by atoms with van der Waals surface area (Å²) in [6, 6.07) is 0. The molecule has 1 N–H and O–H groups in total. The minimum Gasteiger partial charge on any atom is -0.159 e. The van der Waals surface area contributed by atoms with Crippen molar-refractivity contribution in [1.82, 2.24) is 0 Å². The van der Waals surface area contributed by atoms with Crippen molar-refractivity contribution in [3.63, 3.8) is 0 Å². The van der Waals surface area contributed by atoms with Crippen molar-refractivity contribution >= 4 is 16.0 Å². The first-order valence-corrected chi connectivity index (χ1v) is 4.66. The molecule has 0 saturated heterocycles. The van der Waals surface area contributed by atoms with Gasteiger partial charge in [0.2, 0.25) is 0 Å². The minimum absolute atomic E-state index is 0.179. The normalized spacial score (nSPS) is 13.6. The van der Waals surface area contributed by atoms with Crippen LogP contribution in [-0.2, 0) is 4.57 Å². The standard InChI is InChI=1S/CH4O2P2/c1-4-5(2)3/h4H,1H3/p+1. The molecule has 0 aromatic rings. The maximum atomic E-state index is 9.53. The average Bonchev–Trinajstić information content (AvgIpc) is 1.38. The molecule has 30 valence electrons. The molecule has 2 atom stereocenters. The zero-order valence-corrected chi connectivity index (χ0v) is 4.70. The van der Waals surface area contributed by atoms with Crippen LogP contribution in [0.25, 0.3) is 0 Å². The van der Waals surface area contributed by atoms with Gasteiger partial charge in [0.05, 0.1) is 0 Å². The van der Waals surface area contributed by atoms with Crippen molar-refractivity contribution in [2.75, 3.05) is 6.66 Å². The molecule has 2 unspecified atom stereocenters. The lowest BCUT2D eigenvalue weighted by molar-refractivity contribution is 0.519. The first kappa shape index (κ1) is 5.49. The van der Waals surface area contributed by atoms with Crippen LogP contribution in [0, 0.1) is 0 Å². The maximum Gasteiger partial charge on any atom is 0.517 e. The van der Waals surface area contributed by atoms with Gasteiger partial charge in [0, 0.05) is 6.66 Å². The molecule has 0 bridgehead atoms. The van der Waals surface area contributed by atoms with E-state index in [9.17, 15) is 4.57 Å². The van der Waals surface area contributed by atoms with E-state index in [2.05, 4.69) is 0 Å². The molecule has 0 aliphatic heterocycles. The first-order valence-electron chi connectivity index (χ1n) is 1.11. The Bertz CT molecular complexity index is 42.9. The lowest BCUT2D eigenvalue weighted by atomic mass is 12.0. The van der Waals surface area contributed by atoms with Gasteiger partial charge in [-0.25, -0.2) is 0 Å². The van der Waals surface area contributed by atoms with E-state index >= 15 is 0 Å². The monoisotopic (exact) mass is 111 g/mol. The van der Waals surface area contributed by atoms with E-state index in [1.165, 1.54) is 0 Å². The smallest absolute Gasteiger partial charge is 0.159 e. The molecule has 4 heteroatoms. The second kappa shape index (κ2) is 2.71. The summed E-state index contributed by atoms with van der Waals surface area (Å²) < 4.78 is 9.53. The van der Waals surface area contributed by atoms with Crippen LogP contribution in [0.15, 0.2) is 0 Å². The molecular formula is CH5O2P2+. The van der Waals surface area contributed by atoms with Crippen LogP contribution in [0.2, 0.25) is 0 Å². The molecule has 0 aliphatic carbocycles. The number of rotatable bonds is 1. The SMILES string of the molecule is CP[P+](=O)O. The number of hydrogen-bond acceptors (Lipinski definition) is 1. The second-order valence-electron chi connectivity index (χ2n) is 0.497. The van der Waals surface area contributed by atoms with Gasteiger partial charge < -0.3 is 0 Å². The summed E-state index contributed by atoms with van der Waals surface area (Å²) in [5.41, 5.74) is 0. The van der Waals surface area contributed by atoms with Crippen molar-refractivity contribution in [3.8, 4) is 0 Å². The van der Waals surface area contributed by atoms with Crippen molar-refractivity contribution in [2.45, 2.75) is 0 Å². The Morgan fingerprint density at radius 3 is 2.20 bits per heavy atom. The van der Waals surface area contributed by atoms with Crippen LogP contribution < -0.4 is 0 Å². The molecule has 0 rings (SSSR count). The lowest BCUT2D eigenvalue weighted by Crippen LogP contribution is -1.31. The fourth-order valence-corrected chi connectivity index (χ4v) is 0. The summed E-state index contributed by atoms with van der Waals surface area (Å²) in [7, 11) is -1.64. The zero-order chi connectivity index (χ0) is 4.28. The molecule has 0 aromatic carbocycles. The summed E-state index contributed by atoms with van der Waals surface area (Å²) in [4.78, 5) is 7.88. The highest BCUT2D eigenvalue weighted by Gasteiger charge is 1.99. The molecule has 0 heterocycles. The van der Waals surface area contributed by atoms with Gasteiger partial charge in [-0.2, -0.15) is 4.89 Å². The van der Waals surface area contributed by atoms with Crippen LogP contribution in [-0.4, -0.2) is 11.6 Å². The molecule has 0 saturated carbocycles. The predicted molar refractivity (Wildman–Crippen MR) is 24.1 cm³/mol. The third kappa shape index (κ3) is 4.49. The zero-order valence-electron chi connectivity index (χ0n) is 2.80. The highest BCUT2D eigenvalue weighted by Crippen LogP contribution is 2.35. The highest BCUT2D eigenvalue weighted by atomic mass is 32.0. The summed E-state index contributed by atoms with van der Waals surface area (Å²) in [6.45, 7) is 1.69. The Kier molecular flexibility index (Phi) is 2.98. The highest BCUT2D eigenvalue weighted by molar-refractivity contribution is 8.12. The molecule has 2 nitrogen and oxygen atoms in total. The van der Waals surface area contributed by atoms with Gasteiger partial charge >= 0.3 is 7.72 Å². The van der Waals surface area contributed by atoms with Crippen LogP contribution in [0.1, 0.15) is 0 Å². The fraction of sp³-hybridized carbons (Fsp3) is 1.00. The molecule has 0 amide bonds. The molecule has 5 heavy (non-hydrogen) atoms. The third-order valence-electron chi connectivity index (χ3n) is 0.191. The molecule has 0 aromatic heterocycles. The maximum absolute atomic E-state index is 9.53. The summed E-state index contributed by atoms with van der Waals surface area (Å²) >= 11 is 0. The Labute approximate surface area is 33.1 Å². The van der Waals surface area contributed by atoms with E-state index in [1.54, 1.807) is 6.66 Å². The minimum atomic E-state index is -1.82. The Morgan fingerprint density at radius 2 is 2.20 bits per heavy atom. The van der Waals surface area contributed by atoms with E-state index in [0.717, 1.165) is 0 Å². The Morgan fingerprint density at radius 1 is 2.00 bits per heavy atom. The third-order valence-corrected chi connectivity index (χ3v) is 1.72. The molecular weight excluding hydrogens is 106 g/mol. The summed E-state index contributed by atoms with van der Waals surface area (Å²) in [6.07, 6.45) is 0. The second-order valence-corrected chi connectivity index (χ2v) is 3.98. The largest absolute Gasteiger partial charge is 0.517 e. The molecule has 0 aliphatic rings. The Balaban J connectivity index is 2.85. The van der Waals surface area contributed by atoms with Gasteiger partial charge in [-0.3, -0.25) is 0 Å². The topological polar surface area (TPSA) is 37.3 Å². The lowest BCUT2D eigenvalue weighted by Gasteiger charge is -1.52. The molecule has 0 fully saturated rings. The Hall–Kier alpha value is 0.490. The fourth-order valence-electron chi connectivity index (χ4n) is 0. The van der Waals surface area contributed by atoms with Crippen LogP contribution in [0.5, 0.6) is 0 Å². The quantitative estimate of drug-likeness (QED) is 0.511. The van der Waals surface area contributed by atoms with Gasteiger partial charge in [-0.05, 0) is 4.57 Å². The van der Waals surface area contributed by atoms with Crippen LogP contribution in [0.3, 0.4) is 0 Å². The van der Waals surface area contributed by atoms with E-state index in [-0.39, 0.29) is 8.27 Å².